The molecule has 2 heterocycles. The zero-order chi connectivity index (χ0) is 12.3. The van der Waals surface area contributed by atoms with Crippen LogP contribution in [0.5, 0.6) is 5.88 Å². The van der Waals surface area contributed by atoms with Crippen molar-refractivity contribution in [2.24, 2.45) is 0 Å². The van der Waals surface area contributed by atoms with Gasteiger partial charge in [-0.15, -0.1) is 0 Å². The molecule has 0 fully saturated rings. The molecule has 0 saturated carbocycles. The van der Waals surface area contributed by atoms with Crippen LogP contribution in [0.1, 0.15) is 5.69 Å². The van der Waals surface area contributed by atoms with E-state index >= 15 is 0 Å². The highest BCUT2D eigenvalue weighted by atomic mass is 79.9. The molecule has 0 amide bonds. The third-order valence-corrected chi connectivity index (χ3v) is 2.73. The van der Waals surface area contributed by atoms with Gasteiger partial charge in [0.05, 0.1) is 12.8 Å². The Balaban J connectivity index is 2.45. The van der Waals surface area contributed by atoms with Gasteiger partial charge in [0, 0.05) is 11.8 Å². The first kappa shape index (κ1) is 12.3. The minimum atomic E-state index is 0.154. The molecule has 0 aromatic carbocycles. The molecular formula is C10H10BrClN4O. The summed E-state index contributed by atoms with van der Waals surface area (Å²) in [5.41, 5.74) is 2.18. The summed E-state index contributed by atoms with van der Waals surface area (Å²) in [4.78, 5) is 8.11. The normalized spacial score (nSPS) is 11.5. The minimum Gasteiger partial charge on any atom is -0.479 e. The van der Waals surface area contributed by atoms with Crippen molar-refractivity contribution in [3.05, 3.63) is 23.1 Å². The Morgan fingerprint density at radius 1 is 1.35 bits per heavy atom. The first-order valence-corrected chi connectivity index (χ1v) is 6.41. The predicted molar refractivity (Wildman–Crippen MR) is 69.9 cm³/mol. The molecule has 0 aliphatic carbocycles. The van der Waals surface area contributed by atoms with Gasteiger partial charge in [-0.3, -0.25) is 5.10 Å². The number of alkyl halides is 1. The Kier molecular flexibility index (Phi) is 3.96. The van der Waals surface area contributed by atoms with Crippen LogP contribution in [0.15, 0.2) is 12.2 Å². The van der Waals surface area contributed by atoms with Crippen LogP contribution in [0, 0.1) is 0 Å². The number of aromatic nitrogens is 4. The van der Waals surface area contributed by atoms with E-state index in [-0.39, 0.29) is 5.28 Å². The Bertz CT molecular complexity index is 554. The number of nitrogens with one attached hydrogen (secondary N) is 1. The zero-order valence-corrected chi connectivity index (χ0v) is 11.4. The number of hydrogen-bond donors (Lipinski definition) is 1. The van der Waals surface area contributed by atoms with Crippen LogP contribution in [0.2, 0.25) is 5.28 Å². The monoisotopic (exact) mass is 316 g/mol. The van der Waals surface area contributed by atoms with Gasteiger partial charge in [-0.05, 0) is 11.6 Å². The number of aromatic amines is 1. The molecule has 2 aromatic heterocycles. The molecule has 2 aromatic rings. The summed E-state index contributed by atoms with van der Waals surface area (Å²) in [5, 5.41) is 8.02. The van der Waals surface area contributed by atoms with E-state index in [1.807, 2.05) is 12.2 Å². The van der Waals surface area contributed by atoms with Crippen molar-refractivity contribution in [3.63, 3.8) is 0 Å². The standard InChI is InChI=1S/C10H10BrClN4O/c1-17-9-8-7(13-10(12)14-9)6(15-16-8)4-2-3-5-11/h2-3H,4-5H2,1H3,(H,15,16)/b3-2+. The van der Waals surface area contributed by atoms with Gasteiger partial charge in [0.1, 0.15) is 5.52 Å². The number of allylic oxidation sites excluding steroid dienone is 2. The van der Waals surface area contributed by atoms with E-state index in [0.717, 1.165) is 11.0 Å². The lowest BCUT2D eigenvalue weighted by Gasteiger charge is -1.99. The van der Waals surface area contributed by atoms with Gasteiger partial charge in [0.15, 0.2) is 5.52 Å². The van der Waals surface area contributed by atoms with Gasteiger partial charge in [-0.25, -0.2) is 4.98 Å². The summed E-state index contributed by atoms with van der Waals surface area (Å²) >= 11 is 9.14. The topological polar surface area (TPSA) is 63.7 Å². The van der Waals surface area contributed by atoms with Crippen LogP contribution >= 0.6 is 27.5 Å². The average molecular weight is 318 g/mol. The molecule has 0 saturated heterocycles. The lowest BCUT2D eigenvalue weighted by molar-refractivity contribution is 0.401. The Labute approximate surface area is 111 Å². The van der Waals surface area contributed by atoms with Crippen molar-refractivity contribution in [1.29, 1.82) is 0 Å². The zero-order valence-electron chi connectivity index (χ0n) is 9.07. The molecule has 0 unspecified atom stereocenters. The first-order chi connectivity index (χ1) is 8.26. The first-order valence-electron chi connectivity index (χ1n) is 4.91. The van der Waals surface area contributed by atoms with Gasteiger partial charge in [-0.2, -0.15) is 10.1 Å². The third kappa shape index (κ3) is 2.58. The fraction of sp³-hybridized carbons (Fsp3) is 0.300. The van der Waals surface area contributed by atoms with Crippen molar-refractivity contribution in [2.75, 3.05) is 12.4 Å². The largest absolute Gasteiger partial charge is 0.479 e. The number of methoxy groups -OCH3 is 1. The van der Waals surface area contributed by atoms with Gasteiger partial charge < -0.3 is 4.74 Å². The average Bonchev–Trinajstić information content (AvgIpc) is 2.72. The molecule has 1 N–H and O–H groups in total. The molecular weight excluding hydrogens is 307 g/mol. The second-order valence-corrected chi connectivity index (χ2v) is 4.22. The molecule has 0 spiro atoms. The van der Waals surface area contributed by atoms with E-state index in [1.165, 1.54) is 7.11 Å². The van der Waals surface area contributed by atoms with Crippen LogP contribution in [-0.2, 0) is 6.42 Å². The Morgan fingerprint density at radius 3 is 2.88 bits per heavy atom. The van der Waals surface area contributed by atoms with Crippen molar-refractivity contribution in [1.82, 2.24) is 20.2 Å². The van der Waals surface area contributed by atoms with Gasteiger partial charge in [0.25, 0.3) is 0 Å². The van der Waals surface area contributed by atoms with E-state index < -0.39 is 0 Å². The van der Waals surface area contributed by atoms with Crippen molar-refractivity contribution in [3.8, 4) is 5.88 Å². The van der Waals surface area contributed by atoms with Crippen molar-refractivity contribution < 1.29 is 4.74 Å². The molecule has 0 aliphatic heterocycles. The summed E-state index contributed by atoms with van der Waals surface area (Å²) in [6.45, 7) is 0. The quantitative estimate of drug-likeness (QED) is 0.534. The number of nitrogens with zero attached hydrogens (tertiary/aromatic N) is 3. The smallest absolute Gasteiger partial charge is 0.246 e. The number of hydrogen-bond acceptors (Lipinski definition) is 4. The predicted octanol–water partition coefficient (Wildman–Crippen LogP) is 2.51. The Hall–Kier alpha value is -1.14. The van der Waals surface area contributed by atoms with Crippen LogP contribution < -0.4 is 4.74 Å². The molecule has 7 heteroatoms. The summed E-state index contributed by atoms with van der Waals surface area (Å²) < 4.78 is 5.10. The SMILES string of the molecule is COc1nc(Cl)nc2c(C/C=C/CBr)[nH]nc12. The minimum absolute atomic E-state index is 0.154. The van der Waals surface area contributed by atoms with Crippen LogP contribution in [0.3, 0.4) is 0 Å². The molecule has 0 aliphatic rings. The lowest BCUT2D eigenvalue weighted by atomic mass is 10.2. The van der Waals surface area contributed by atoms with Gasteiger partial charge in [0.2, 0.25) is 11.2 Å². The maximum Gasteiger partial charge on any atom is 0.246 e. The second-order valence-electron chi connectivity index (χ2n) is 3.23. The molecule has 2 rings (SSSR count). The fourth-order valence-corrected chi connectivity index (χ4v) is 1.87. The third-order valence-electron chi connectivity index (χ3n) is 2.18. The van der Waals surface area contributed by atoms with Crippen LogP contribution in [-0.4, -0.2) is 32.6 Å². The highest BCUT2D eigenvalue weighted by Crippen LogP contribution is 2.24. The molecule has 90 valence electrons. The van der Waals surface area contributed by atoms with E-state index in [4.69, 9.17) is 16.3 Å². The van der Waals surface area contributed by atoms with Gasteiger partial charge in [-0.1, -0.05) is 28.1 Å². The highest BCUT2D eigenvalue weighted by Gasteiger charge is 2.13. The molecule has 0 bridgehead atoms. The maximum absolute atomic E-state index is 5.82. The summed E-state index contributed by atoms with van der Waals surface area (Å²) in [5.74, 6) is 0.381. The number of fused-ring (bicyclic) bond motifs is 1. The number of rotatable bonds is 4. The molecule has 0 radical (unpaired) electrons. The summed E-state index contributed by atoms with van der Waals surface area (Å²) in [6, 6.07) is 0. The van der Waals surface area contributed by atoms with Gasteiger partial charge >= 0.3 is 0 Å². The number of H-pyrrole nitrogens is 1. The summed E-state index contributed by atoms with van der Waals surface area (Å²) in [7, 11) is 1.52. The van der Waals surface area contributed by atoms with E-state index in [9.17, 15) is 0 Å². The van der Waals surface area contributed by atoms with Crippen molar-refractivity contribution >= 4 is 38.6 Å². The molecule has 5 nitrogen and oxygen atoms in total. The number of halogens is 2. The van der Waals surface area contributed by atoms with E-state index in [0.29, 0.717) is 23.3 Å². The maximum atomic E-state index is 5.82. The van der Waals surface area contributed by atoms with Crippen LogP contribution in [0.25, 0.3) is 11.0 Å². The summed E-state index contributed by atoms with van der Waals surface area (Å²) in [6.07, 6.45) is 4.73. The van der Waals surface area contributed by atoms with Crippen molar-refractivity contribution in [2.45, 2.75) is 6.42 Å². The second kappa shape index (κ2) is 5.46. The lowest BCUT2D eigenvalue weighted by Crippen LogP contribution is -1.92. The number of ether oxygens (including phenoxy) is 1. The van der Waals surface area contributed by atoms with E-state index in [1.54, 1.807) is 0 Å². The fourth-order valence-electron chi connectivity index (χ4n) is 1.44. The van der Waals surface area contributed by atoms with E-state index in [2.05, 4.69) is 36.1 Å². The highest BCUT2D eigenvalue weighted by molar-refractivity contribution is 9.09. The van der Waals surface area contributed by atoms with Crippen LogP contribution in [0.4, 0.5) is 0 Å². The molecule has 17 heavy (non-hydrogen) atoms. The molecule has 0 atom stereocenters. The Morgan fingerprint density at radius 2 is 2.18 bits per heavy atom.